The number of benzene rings is 3. The van der Waals surface area contributed by atoms with Crippen LogP contribution in [0.5, 0.6) is 11.5 Å². The molecule has 1 saturated heterocycles. The lowest BCUT2D eigenvalue weighted by atomic mass is 9.89. The normalized spacial score (nSPS) is 24.4. The summed E-state index contributed by atoms with van der Waals surface area (Å²) in [5.74, 6) is -1.30. The highest BCUT2D eigenvalue weighted by molar-refractivity contribution is 5.91. The highest BCUT2D eigenvalue weighted by Crippen LogP contribution is 2.52. The maximum Gasteiger partial charge on any atom is 0.586 e. The number of carbonyl (C=O) groups is 2. The lowest BCUT2D eigenvalue weighted by Crippen LogP contribution is -2.45. The minimum atomic E-state index is -3.72. The number of amides is 1. The zero-order chi connectivity index (χ0) is 26.5. The molecule has 1 aliphatic carbocycles. The molecule has 1 amide bonds. The molecule has 6 rings (SSSR count). The van der Waals surface area contributed by atoms with Crippen LogP contribution in [-0.4, -0.2) is 29.3 Å². The number of ether oxygens (including phenoxy) is 3. The first-order valence-corrected chi connectivity index (χ1v) is 12.5. The van der Waals surface area contributed by atoms with E-state index in [1.165, 1.54) is 12.1 Å². The van der Waals surface area contributed by atoms with Gasteiger partial charge in [0, 0.05) is 6.04 Å². The molecule has 9 heteroatoms. The fraction of sp³-hybridized carbons (Fsp3) is 0.310. The molecule has 2 N–H and O–H groups in total. The van der Waals surface area contributed by atoms with Gasteiger partial charge in [-0.15, -0.1) is 8.78 Å². The Kier molecular flexibility index (Phi) is 5.83. The highest BCUT2D eigenvalue weighted by atomic mass is 19.3. The van der Waals surface area contributed by atoms with Crippen molar-refractivity contribution in [3.05, 3.63) is 95.1 Å². The topological polar surface area (TPSA) is 94.1 Å². The van der Waals surface area contributed by atoms with Crippen LogP contribution in [-0.2, 0) is 14.9 Å². The monoisotopic (exact) mass is 521 g/mol. The van der Waals surface area contributed by atoms with Gasteiger partial charge in [0.25, 0.3) is 0 Å². The second kappa shape index (κ2) is 9.09. The second-order valence-corrected chi connectivity index (χ2v) is 10.0. The van der Waals surface area contributed by atoms with Crippen molar-refractivity contribution >= 4 is 11.9 Å². The van der Waals surface area contributed by atoms with E-state index in [0.29, 0.717) is 31.2 Å². The quantitative estimate of drug-likeness (QED) is 0.444. The molecular formula is C29H25F2NO6. The molecular weight excluding hydrogens is 496 g/mol. The predicted molar refractivity (Wildman–Crippen MR) is 131 cm³/mol. The molecule has 3 atom stereocenters. The number of rotatable bonds is 6. The molecule has 0 unspecified atom stereocenters. The van der Waals surface area contributed by atoms with Gasteiger partial charge in [-0.05, 0) is 66.6 Å². The Morgan fingerprint density at radius 3 is 2.11 bits per heavy atom. The average molecular weight is 522 g/mol. The third-order valence-corrected chi connectivity index (χ3v) is 7.50. The van der Waals surface area contributed by atoms with E-state index >= 15 is 0 Å². The van der Waals surface area contributed by atoms with E-state index in [1.807, 2.05) is 30.3 Å². The van der Waals surface area contributed by atoms with Crippen molar-refractivity contribution in [3.8, 4) is 11.5 Å². The molecule has 0 bridgehead atoms. The largest absolute Gasteiger partial charge is 0.586 e. The number of fused-ring (bicyclic) bond motifs is 1. The second-order valence-electron chi connectivity index (χ2n) is 10.0. The van der Waals surface area contributed by atoms with Crippen molar-refractivity contribution in [2.45, 2.75) is 55.6 Å². The van der Waals surface area contributed by atoms with E-state index in [1.54, 1.807) is 30.3 Å². The Balaban J connectivity index is 1.23. The van der Waals surface area contributed by atoms with Crippen LogP contribution < -0.4 is 14.8 Å². The number of aromatic carboxylic acids is 1. The van der Waals surface area contributed by atoms with Crippen LogP contribution in [0.4, 0.5) is 8.78 Å². The fourth-order valence-electron chi connectivity index (χ4n) is 5.32. The predicted octanol–water partition coefficient (Wildman–Crippen LogP) is 5.52. The lowest BCUT2D eigenvalue weighted by Gasteiger charge is -2.37. The third kappa shape index (κ3) is 4.58. The van der Waals surface area contributed by atoms with Gasteiger partial charge in [-0.2, -0.15) is 0 Å². The molecule has 3 aliphatic rings. The van der Waals surface area contributed by atoms with E-state index in [-0.39, 0.29) is 41.2 Å². The summed E-state index contributed by atoms with van der Waals surface area (Å²) in [6.45, 7) is 0. The van der Waals surface area contributed by atoms with Gasteiger partial charge >= 0.3 is 12.3 Å². The van der Waals surface area contributed by atoms with Gasteiger partial charge in [0.2, 0.25) is 5.91 Å². The molecule has 38 heavy (non-hydrogen) atoms. The summed E-state index contributed by atoms with van der Waals surface area (Å²) in [7, 11) is 0. The first-order chi connectivity index (χ1) is 18.2. The SMILES string of the molecule is O=C(O)c1ccc([C@H]2C[C@@H](NC(=O)C3(c4ccc5c(c4)OC(F)(F)O5)CC3)C[C@@H](c3ccccc3)O2)cc1. The van der Waals surface area contributed by atoms with Gasteiger partial charge < -0.3 is 24.6 Å². The van der Waals surface area contributed by atoms with Gasteiger partial charge in [0.1, 0.15) is 0 Å². The molecule has 2 heterocycles. The summed E-state index contributed by atoms with van der Waals surface area (Å²) in [5.41, 5.74) is 1.80. The molecule has 7 nitrogen and oxygen atoms in total. The summed E-state index contributed by atoms with van der Waals surface area (Å²) in [6.07, 6.45) is -2.09. The molecule has 0 spiro atoms. The summed E-state index contributed by atoms with van der Waals surface area (Å²) in [6, 6.07) is 20.6. The van der Waals surface area contributed by atoms with Crippen molar-refractivity contribution < 1.29 is 37.7 Å². The van der Waals surface area contributed by atoms with Gasteiger partial charge in [-0.3, -0.25) is 4.79 Å². The third-order valence-electron chi connectivity index (χ3n) is 7.50. The standard InChI is InChI=1S/C29H25F2NO6/c30-29(31)37-22-11-10-20(14-25(22)38-29)28(12-13-28)27(35)32-21-15-23(17-4-2-1-3-5-17)36-24(16-21)18-6-8-19(9-7-18)26(33)34/h1-11,14,21,23-24H,12-13,15-16H2,(H,32,35)(H,33,34)/t21-,23-,24+/m0/s1. The summed E-state index contributed by atoms with van der Waals surface area (Å²) < 4.78 is 42.5. The van der Waals surface area contributed by atoms with Crippen molar-refractivity contribution in [2.24, 2.45) is 0 Å². The van der Waals surface area contributed by atoms with Crippen LogP contribution in [0, 0.1) is 0 Å². The van der Waals surface area contributed by atoms with E-state index in [0.717, 1.165) is 11.1 Å². The van der Waals surface area contributed by atoms with Crippen molar-refractivity contribution in [2.75, 3.05) is 0 Å². The fourth-order valence-corrected chi connectivity index (χ4v) is 5.32. The number of carbonyl (C=O) groups excluding carboxylic acids is 1. The van der Waals surface area contributed by atoms with Gasteiger partial charge in [-0.1, -0.05) is 48.5 Å². The Hall–Kier alpha value is -3.98. The van der Waals surface area contributed by atoms with Crippen LogP contribution in [0.15, 0.2) is 72.8 Å². The first-order valence-electron chi connectivity index (χ1n) is 12.5. The van der Waals surface area contributed by atoms with Crippen LogP contribution in [0.1, 0.15) is 64.9 Å². The van der Waals surface area contributed by atoms with Gasteiger partial charge in [0.15, 0.2) is 11.5 Å². The average Bonchev–Trinajstić information content (AvgIpc) is 3.66. The van der Waals surface area contributed by atoms with Crippen LogP contribution >= 0.6 is 0 Å². The van der Waals surface area contributed by atoms with Crippen molar-refractivity contribution in [1.82, 2.24) is 5.32 Å². The smallest absolute Gasteiger partial charge is 0.478 e. The minimum Gasteiger partial charge on any atom is -0.478 e. The zero-order valence-electron chi connectivity index (χ0n) is 20.2. The molecule has 2 fully saturated rings. The number of hydrogen-bond acceptors (Lipinski definition) is 5. The van der Waals surface area contributed by atoms with Gasteiger partial charge in [-0.25, -0.2) is 4.79 Å². The Morgan fingerprint density at radius 1 is 0.842 bits per heavy atom. The first kappa shape index (κ1) is 24.4. The maximum absolute atomic E-state index is 13.6. The van der Waals surface area contributed by atoms with E-state index in [9.17, 15) is 23.5 Å². The molecule has 2 aliphatic heterocycles. The molecule has 196 valence electrons. The highest BCUT2D eigenvalue weighted by Gasteiger charge is 2.53. The van der Waals surface area contributed by atoms with E-state index < -0.39 is 17.7 Å². The molecule has 0 aromatic heterocycles. The maximum atomic E-state index is 13.6. The lowest BCUT2D eigenvalue weighted by molar-refractivity contribution is -0.286. The van der Waals surface area contributed by atoms with Crippen molar-refractivity contribution in [3.63, 3.8) is 0 Å². The number of nitrogens with one attached hydrogen (secondary N) is 1. The summed E-state index contributed by atoms with van der Waals surface area (Å²) >= 11 is 0. The van der Waals surface area contributed by atoms with Crippen molar-refractivity contribution in [1.29, 1.82) is 0 Å². The Bertz CT molecular complexity index is 1370. The Labute approximate surface area is 217 Å². The van der Waals surface area contributed by atoms with Crippen LogP contribution in [0.3, 0.4) is 0 Å². The number of carboxylic acids is 1. The van der Waals surface area contributed by atoms with Gasteiger partial charge in [0.05, 0.1) is 23.2 Å². The number of carboxylic acid groups (broad SMARTS) is 1. The summed E-state index contributed by atoms with van der Waals surface area (Å²) in [4.78, 5) is 24.9. The molecule has 1 saturated carbocycles. The Morgan fingerprint density at radius 2 is 1.47 bits per heavy atom. The van der Waals surface area contributed by atoms with Crippen LogP contribution in [0.25, 0.3) is 0 Å². The number of halogens is 2. The number of alkyl halides is 2. The molecule has 3 aromatic rings. The van der Waals surface area contributed by atoms with Crippen LogP contribution in [0.2, 0.25) is 0 Å². The number of hydrogen-bond donors (Lipinski definition) is 2. The zero-order valence-corrected chi connectivity index (χ0v) is 20.2. The van der Waals surface area contributed by atoms with E-state index in [2.05, 4.69) is 14.8 Å². The molecule has 3 aromatic carbocycles. The van der Waals surface area contributed by atoms with E-state index in [4.69, 9.17) is 4.74 Å². The summed E-state index contributed by atoms with van der Waals surface area (Å²) in [5, 5.41) is 12.4. The minimum absolute atomic E-state index is 0.0538. The molecule has 0 radical (unpaired) electrons.